The second-order valence-electron chi connectivity index (χ2n) is 4.82. The van der Waals surface area contributed by atoms with Gasteiger partial charge in [-0.3, -0.25) is 0 Å². The highest BCUT2D eigenvalue weighted by atomic mass is 32.5. The van der Waals surface area contributed by atoms with Crippen LogP contribution in [0.25, 0.3) is 0 Å². The molecule has 21 heavy (non-hydrogen) atoms. The van der Waals surface area contributed by atoms with E-state index >= 15 is 0 Å². The van der Waals surface area contributed by atoms with Crippen molar-refractivity contribution >= 4 is 24.5 Å². The quantitative estimate of drug-likeness (QED) is 0.232. The zero-order chi connectivity index (χ0) is 16.0. The highest BCUT2D eigenvalue weighted by Gasteiger charge is 2.06. The Bertz CT molecular complexity index is 340. The van der Waals surface area contributed by atoms with Crippen molar-refractivity contribution in [1.82, 2.24) is 0 Å². The predicted octanol–water partition coefficient (Wildman–Crippen LogP) is 3.45. The van der Waals surface area contributed by atoms with Crippen LogP contribution in [-0.2, 0) is 25.9 Å². The Kier molecular flexibility index (Phi) is 13.2. The molecule has 0 amide bonds. The van der Waals surface area contributed by atoms with Crippen molar-refractivity contribution < 1.29 is 23.8 Å². The van der Waals surface area contributed by atoms with E-state index in [1.807, 2.05) is 0 Å². The summed E-state index contributed by atoms with van der Waals surface area (Å²) in [5.74, 6) is -0.268. The summed E-state index contributed by atoms with van der Waals surface area (Å²) in [6.07, 6.45) is 11.5. The molecular weight excluding hydrogens is 311 g/mol. The van der Waals surface area contributed by atoms with E-state index in [9.17, 15) is 4.79 Å². The Morgan fingerprint density at radius 1 is 1.00 bits per heavy atom. The maximum absolute atomic E-state index is 11.0. The standard InChI is InChI=1S/C14H27O5PS/c1-2-11-14(15)18-12-9-7-5-3-4-6-8-10-13-19-20(16,17)21/h2,11H,3-10,12-13H2,1H3,(H2,16,17,21). The molecule has 2 N–H and O–H groups in total. The molecule has 0 radical (unpaired) electrons. The van der Waals surface area contributed by atoms with Gasteiger partial charge >= 0.3 is 12.7 Å². The molecule has 0 spiro atoms. The highest BCUT2D eigenvalue weighted by Crippen LogP contribution is 2.36. The van der Waals surface area contributed by atoms with Gasteiger partial charge in [-0.1, -0.05) is 44.6 Å². The Labute approximate surface area is 132 Å². The normalized spacial score (nSPS) is 12.0. The largest absolute Gasteiger partial charge is 0.463 e. The second-order valence-corrected chi connectivity index (χ2v) is 7.49. The van der Waals surface area contributed by atoms with Gasteiger partial charge in [-0.05, 0) is 31.6 Å². The van der Waals surface area contributed by atoms with Crippen LogP contribution in [0, 0.1) is 0 Å². The number of carbonyl (C=O) groups is 1. The van der Waals surface area contributed by atoms with Gasteiger partial charge < -0.3 is 19.0 Å². The van der Waals surface area contributed by atoms with Crippen molar-refractivity contribution in [2.24, 2.45) is 0 Å². The van der Waals surface area contributed by atoms with Gasteiger partial charge in [-0.2, -0.15) is 0 Å². The molecule has 0 unspecified atom stereocenters. The Morgan fingerprint density at radius 2 is 1.48 bits per heavy atom. The molecule has 0 aliphatic rings. The Balaban J connectivity index is 3.16. The van der Waals surface area contributed by atoms with E-state index in [1.165, 1.54) is 12.5 Å². The molecule has 0 aliphatic heterocycles. The molecule has 0 fully saturated rings. The van der Waals surface area contributed by atoms with E-state index in [4.69, 9.17) is 19.0 Å². The van der Waals surface area contributed by atoms with Gasteiger partial charge in [0.2, 0.25) is 0 Å². The molecule has 0 saturated heterocycles. The molecular formula is C14H27O5PS. The molecule has 0 rings (SSSR count). The summed E-state index contributed by atoms with van der Waals surface area (Å²) in [6.45, 7) is -0.857. The molecule has 7 heteroatoms. The molecule has 0 saturated carbocycles. The molecule has 0 atom stereocenters. The summed E-state index contributed by atoms with van der Waals surface area (Å²) in [4.78, 5) is 28.7. The first-order valence-corrected chi connectivity index (χ1v) is 10.1. The first-order chi connectivity index (χ1) is 9.95. The van der Waals surface area contributed by atoms with Crippen LogP contribution in [0.15, 0.2) is 12.2 Å². The van der Waals surface area contributed by atoms with E-state index < -0.39 is 6.72 Å². The first kappa shape index (κ1) is 20.7. The minimum Gasteiger partial charge on any atom is -0.463 e. The van der Waals surface area contributed by atoms with Crippen LogP contribution in [0.3, 0.4) is 0 Å². The maximum Gasteiger partial charge on any atom is 0.330 e. The number of hydrogen-bond acceptors (Lipinski definition) is 4. The average Bonchev–Trinajstić information content (AvgIpc) is 2.39. The van der Waals surface area contributed by atoms with Crippen LogP contribution < -0.4 is 0 Å². The van der Waals surface area contributed by atoms with Gasteiger partial charge in [0.15, 0.2) is 0 Å². The summed E-state index contributed by atoms with van der Waals surface area (Å²) >= 11 is 4.35. The number of rotatable bonds is 13. The number of unbranched alkanes of at least 4 members (excludes halogenated alkanes) is 7. The van der Waals surface area contributed by atoms with Gasteiger partial charge in [0.25, 0.3) is 0 Å². The zero-order valence-corrected chi connectivity index (χ0v) is 14.4. The summed E-state index contributed by atoms with van der Waals surface area (Å²) in [5.41, 5.74) is 0. The highest BCUT2D eigenvalue weighted by molar-refractivity contribution is 8.06. The molecule has 5 nitrogen and oxygen atoms in total. The van der Waals surface area contributed by atoms with Crippen molar-refractivity contribution in [3.05, 3.63) is 12.2 Å². The van der Waals surface area contributed by atoms with Crippen LogP contribution in [0.4, 0.5) is 0 Å². The van der Waals surface area contributed by atoms with Gasteiger partial charge in [-0.25, -0.2) is 4.79 Å². The number of ether oxygens (including phenoxy) is 1. The topological polar surface area (TPSA) is 76.0 Å². The fraction of sp³-hybridized carbons (Fsp3) is 0.786. The minimum absolute atomic E-state index is 0.268. The molecule has 0 aromatic rings. The van der Waals surface area contributed by atoms with E-state index in [0.717, 1.165) is 44.9 Å². The smallest absolute Gasteiger partial charge is 0.330 e. The predicted molar refractivity (Wildman–Crippen MR) is 87.4 cm³/mol. The summed E-state index contributed by atoms with van der Waals surface area (Å²) < 4.78 is 9.72. The van der Waals surface area contributed by atoms with Crippen molar-refractivity contribution in [2.45, 2.75) is 58.3 Å². The second kappa shape index (κ2) is 13.4. The molecule has 0 aromatic heterocycles. The van der Waals surface area contributed by atoms with Crippen molar-refractivity contribution in [3.63, 3.8) is 0 Å². The molecule has 0 bridgehead atoms. The maximum atomic E-state index is 11.0. The van der Waals surface area contributed by atoms with E-state index in [0.29, 0.717) is 13.2 Å². The van der Waals surface area contributed by atoms with Crippen molar-refractivity contribution in [1.29, 1.82) is 0 Å². The molecule has 0 heterocycles. The lowest BCUT2D eigenvalue weighted by Gasteiger charge is -2.07. The van der Waals surface area contributed by atoms with E-state index in [2.05, 4.69) is 11.8 Å². The fourth-order valence-electron chi connectivity index (χ4n) is 1.81. The van der Waals surface area contributed by atoms with Crippen LogP contribution in [-0.4, -0.2) is 29.0 Å². The van der Waals surface area contributed by atoms with Crippen LogP contribution in [0.2, 0.25) is 0 Å². The number of esters is 1. The van der Waals surface area contributed by atoms with Gasteiger partial charge in [0, 0.05) is 6.08 Å². The number of carbonyl (C=O) groups excluding carboxylic acids is 1. The number of allylic oxidation sites excluding steroid dienone is 1. The lowest BCUT2D eigenvalue weighted by molar-refractivity contribution is -0.137. The zero-order valence-electron chi connectivity index (χ0n) is 12.7. The Morgan fingerprint density at radius 3 is 1.95 bits per heavy atom. The fourth-order valence-corrected chi connectivity index (χ4v) is 2.40. The SMILES string of the molecule is CC=CC(=O)OCCCCCCCCCCOP(O)(O)=S. The Hall–Kier alpha value is -0.260. The lowest BCUT2D eigenvalue weighted by atomic mass is 10.1. The van der Waals surface area contributed by atoms with Gasteiger partial charge in [0.1, 0.15) is 0 Å². The van der Waals surface area contributed by atoms with Gasteiger partial charge in [0.05, 0.1) is 13.2 Å². The average molecular weight is 338 g/mol. The summed E-state index contributed by atoms with van der Waals surface area (Å²) in [5, 5.41) is 0. The summed E-state index contributed by atoms with van der Waals surface area (Å²) in [6, 6.07) is 0. The monoisotopic (exact) mass is 338 g/mol. The molecule has 124 valence electrons. The van der Waals surface area contributed by atoms with Gasteiger partial charge in [-0.15, -0.1) is 0 Å². The molecule has 0 aromatic carbocycles. The third-order valence-electron chi connectivity index (χ3n) is 2.85. The van der Waals surface area contributed by atoms with Crippen LogP contribution in [0.1, 0.15) is 58.3 Å². The van der Waals surface area contributed by atoms with Crippen LogP contribution in [0.5, 0.6) is 0 Å². The molecule has 0 aliphatic carbocycles. The minimum atomic E-state index is -3.46. The van der Waals surface area contributed by atoms with E-state index in [-0.39, 0.29) is 5.97 Å². The third-order valence-corrected chi connectivity index (χ3v) is 3.68. The summed E-state index contributed by atoms with van der Waals surface area (Å²) in [7, 11) is 0. The van der Waals surface area contributed by atoms with Crippen LogP contribution >= 0.6 is 6.72 Å². The number of hydrogen-bond donors (Lipinski definition) is 2. The van der Waals surface area contributed by atoms with E-state index in [1.54, 1.807) is 13.0 Å². The van der Waals surface area contributed by atoms with Crippen molar-refractivity contribution in [3.8, 4) is 0 Å². The van der Waals surface area contributed by atoms with Crippen molar-refractivity contribution in [2.75, 3.05) is 13.2 Å². The lowest BCUT2D eigenvalue weighted by Crippen LogP contribution is -2.01. The first-order valence-electron chi connectivity index (χ1n) is 7.45. The third kappa shape index (κ3) is 17.7.